The summed E-state index contributed by atoms with van der Waals surface area (Å²) < 4.78 is 0. The Morgan fingerprint density at radius 2 is 1.66 bits per heavy atom. The van der Waals surface area contributed by atoms with E-state index in [1.165, 1.54) is 5.56 Å². The first-order chi connectivity index (χ1) is 13.9. The molecule has 2 saturated heterocycles. The van der Waals surface area contributed by atoms with Crippen molar-refractivity contribution in [2.45, 2.75) is 33.1 Å². The number of nitrogens with one attached hydrogen (secondary N) is 1. The molecule has 6 heteroatoms. The van der Waals surface area contributed by atoms with Crippen LogP contribution in [0.3, 0.4) is 0 Å². The molecular formula is C23H25N3O3. The lowest BCUT2D eigenvalue weighted by molar-refractivity contribution is -0.129. The zero-order chi connectivity index (χ0) is 20.5. The van der Waals surface area contributed by atoms with Gasteiger partial charge in [-0.2, -0.15) is 0 Å². The van der Waals surface area contributed by atoms with Gasteiger partial charge in [0.25, 0.3) is 0 Å². The Kier molecular flexibility index (Phi) is 5.09. The van der Waals surface area contributed by atoms with E-state index >= 15 is 0 Å². The number of benzene rings is 2. The third-order valence-electron chi connectivity index (χ3n) is 5.84. The highest BCUT2D eigenvalue weighted by molar-refractivity contribution is 6.13. The predicted octanol–water partition coefficient (Wildman–Crippen LogP) is 3.42. The average Bonchev–Trinajstić information content (AvgIpc) is 3.30. The minimum absolute atomic E-state index is 0.129. The van der Waals surface area contributed by atoms with Crippen LogP contribution < -0.4 is 15.1 Å². The number of rotatable bonds is 4. The first-order valence-corrected chi connectivity index (χ1v) is 10.0. The lowest BCUT2D eigenvalue weighted by Gasteiger charge is -2.18. The highest BCUT2D eigenvalue weighted by Crippen LogP contribution is 2.28. The van der Waals surface area contributed by atoms with Crippen molar-refractivity contribution in [1.29, 1.82) is 0 Å². The molecule has 0 spiro atoms. The number of aryl methyl sites for hydroxylation is 2. The smallest absolute Gasteiger partial charge is 0.239 e. The van der Waals surface area contributed by atoms with E-state index in [0.717, 1.165) is 29.9 Å². The highest BCUT2D eigenvalue weighted by atomic mass is 16.2. The van der Waals surface area contributed by atoms with Crippen molar-refractivity contribution < 1.29 is 14.4 Å². The second-order valence-electron chi connectivity index (χ2n) is 7.78. The number of nitrogens with zero attached hydrogens (tertiary/aromatic N) is 2. The zero-order valence-electron chi connectivity index (χ0n) is 16.8. The van der Waals surface area contributed by atoms with E-state index < -0.39 is 5.92 Å². The summed E-state index contributed by atoms with van der Waals surface area (Å²) in [6.07, 6.45) is 1.95. The molecule has 4 rings (SSSR count). The van der Waals surface area contributed by atoms with Gasteiger partial charge in [0, 0.05) is 36.6 Å². The SMILES string of the molecule is Cc1ccc(N2CCC(C(=O)Nc3ccc(N4CCCC4=O)cc3)C2=O)cc1C. The van der Waals surface area contributed by atoms with Gasteiger partial charge in [-0.3, -0.25) is 14.4 Å². The van der Waals surface area contributed by atoms with E-state index in [9.17, 15) is 14.4 Å². The van der Waals surface area contributed by atoms with Crippen molar-refractivity contribution in [3.05, 3.63) is 53.6 Å². The van der Waals surface area contributed by atoms with Gasteiger partial charge in [0.05, 0.1) is 0 Å². The maximum atomic E-state index is 12.8. The lowest BCUT2D eigenvalue weighted by atomic mass is 10.1. The van der Waals surface area contributed by atoms with Gasteiger partial charge in [-0.05, 0) is 74.2 Å². The quantitative estimate of drug-likeness (QED) is 0.812. The van der Waals surface area contributed by atoms with Crippen LogP contribution in [0.25, 0.3) is 0 Å². The Morgan fingerprint density at radius 3 is 2.31 bits per heavy atom. The zero-order valence-corrected chi connectivity index (χ0v) is 16.8. The van der Waals surface area contributed by atoms with Gasteiger partial charge in [0.2, 0.25) is 17.7 Å². The minimum Gasteiger partial charge on any atom is -0.325 e. The van der Waals surface area contributed by atoms with Crippen LogP contribution in [0.4, 0.5) is 17.1 Å². The van der Waals surface area contributed by atoms with Crippen molar-refractivity contribution >= 4 is 34.8 Å². The highest BCUT2D eigenvalue weighted by Gasteiger charge is 2.37. The van der Waals surface area contributed by atoms with Crippen LogP contribution in [0.15, 0.2) is 42.5 Å². The van der Waals surface area contributed by atoms with Gasteiger partial charge in [-0.1, -0.05) is 6.07 Å². The molecule has 2 aliphatic heterocycles. The number of amides is 3. The summed E-state index contributed by atoms with van der Waals surface area (Å²) in [6.45, 7) is 5.32. The molecule has 0 bridgehead atoms. The molecule has 2 fully saturated rings. The number of carbonyl (C=O) groups is 3. The summed E-state index contributed by atoms with van der Waals surface area (Å²) in [6, 6.07) is 13.1. The van der Waals surface area contributed by atoms with Crippen molar-refractivity contribution in [3.63, 3.8) is 0 Å². The van der Waals surface area contributed by atoms with Gasteiger partial charge in [-0.15, -0.1) is 0 Å². The Hall–Kier alpha value is -3.15. The topological polar surface area (TPSA) is 69.7 Å². The third kappa shape index (κ3) is 3.75. The van der Waals surface area contributed by atoms with Crippen LogP contribution in [-0.4, -0.2) is 30.8 Å². The molecule has 0 saturated carbocycles. The third-order valence-corrected chi connectivity index (χ3v) is 5.84. The first kappa shape index (κ1) is 19.2. The molecule has 1 unspecified atom stereocenters. The van der Waals surface area contributed by atoms with Gasteiger partial charge >= 0.3 is 0 Å². The fraction of sp³-hybridized carbons (Fsp3) is 0.348. The Balaban J connectivity index is 1.41. The van der Waals surface area contributed by atoms with Gasteiger partial charge in [0.1, 0.15) is 5.92 Å². The number of anilines is 3. The first-order valence-electron chi connectivity index (χ1n) is 10.0. The van der Waals surface area contributed by atoms with Gasteiger partial charge < -0.3 is 15.1 Å². The van der Waals surface area contributed by atoms with Crippen molar-refractivity contribution in [2.24, 2.45) is 5.92 Å². The molecule has 0 aromatic heterocycles. The van der Waals surface area contributed by atoms with E-state index in [1.54, 1.807) is 21.9 Å². The molecule has 3 amide bonds. The minimum atomic E-state index is -0.684. The molecule has 150 valence electrons. The Bertz CT molecular complexity index is 968. The maximum Gasteiger partial charge on any atom is 0.239 e. The predicted molar refractivity (Wildman–Crippen MR) is 113 cm³/mol. The molecular weight excluding hydrogens is 366 g/mol. The maximum absolute atomic E-state index is 12.8. The molecule has 1 N–H and O–H groups in total. The van der Waals surface area contributed by atoms with Crippen LogP contribution in [0, 0.1) is 19.8 Å². The molecule has 1 atom stereocenters. The Morgan fingerprint density at radius 1 is 0.931 bits per heavy atom. The van der Waals surface area contributed by atoms with E-state index in [4.69, 9.17) is 0 Å². The molecule has 0 radical (unpaired) electrons. The van der Waals surface area contributed by atoms with E-state index in [-0.39, 0.29) is 17.7 Å². The average molecular weight is 391 g/mol. The number of carbonyl (C=O) groups excluding carboxylic acids is 3. The largest absolute Gasteiger partial charge is 0.325 e. The molecule has 2 aromatic rings. The van der Waals surface area contributed by atoms with Crippen molar-refractivity contribution in [3.8, 4) is 0 Å². The van der Waals surface area contributed by atoms with Crippen LogP contribution in [0.1, 0.15) is 30.4 Å². The summed E-state index contributed by atoms with van der Waals surface area (Å²) >= 11 is 0. The van der Waals surface area contributed by atoms with Crippen LogP contribution in [-0.2, 0) is 14.4 Å². The number of hydrogen-bond donors (Lipinski definition) is 1. The lowest BCUT2D eigenvalue weighted by Crippen LogP contribution is -2.33. The van der Waals surface area contributed by atoms with Crippen molar-refractivity contribution in [1.82, 2.24) is 0 Å². The van der Waals surface area contributed by atoms with Gasteiger partial charge in [0.15, 0.2) is 0 Å². The van der Waals surface area contributed by atoms with Gasteiger partial charge in [-0.25, -0.2) is 0 Å². The molecule has 2 aromatic carbocycles. The molecule has 2 aliphatic rings. The fourth-order valence-corrected chi connectivity index (χ4v) is 3.95. The summed E-state index contributed by atoms with van der Waals surface area (Å²) in [5.41, 5.74) is 4.60. The summed E-state index contributed by atoms with van der Waals surface area (Å²) in [4.78, 5) is 40.8. The second-order valence-corrected chi connectivity index (χ2v) is 7.78. The second kappa shape index (κ2) is 7.70. The van der Waals surface area contributed by atoms with E-state index in [0.29, 0.717) is 25.1 Å². The number of hydrogen-bond acceptors (Lipinski definition) is 3. The molecule has 6 nitrogen and oxygen atoms in total. The fourth-order valence-electron chi connectivity index (χ4n) is 3.95. The molecule has 2 heterocycles. The summed E-state index contributed by atoms with van der Waals surface area (Å²) in [5, 5.41) is 2.85. The summed E-state index contributed by atoms with van der Waals surface area (Å²) in [7, 11) is 0. The monoisotopic (exact) mass is 391 g/mol. The normalized spacial score (nSPS) is 19.2. The Labute approximate surface area is 170 Å². The van der Waals surface area contributed by atoms with E-state index in [1.807, 2.05) is 44.2 Å². The van der Waals surface area contributed by atoms with Crippen LogP contribution in [0.5, 0.6) is 0 Å². The van der Waals surface area contributed by atoms with Crippen LogP contribution >= 0.6 is 0 Å². The molecule has 29 heavy (non-hydrogen) atoms. The van der Waals surface area contributed by atoms with Crippen molar-refractivity contribution in [2.75, 3.05) is 28.2 Å². The van der Waals surface area contributed by atoms with Crippen LogP contribution in [0.2, 0.25) is 0 Å². The standard InChI is InChI=1S/C23H25N3O3/c1-15-5-8-19(14-16(15)2)26-13-11-20(23(26)29)22(28)24-17-6-9-18(10-7-17)25-12-3-4-21(25)27/h5-10,14,20H,3-4,11-13H2,1-2H3,(H,24,28). The van der Waals surface area contributed by atoms with E-state index in [2.05, 4.69) is 5.32 Å². The summed E-state index contributed by atoms with van der Waals surface area (Å²) in [5.74, 6) is -1.00. The molecule has 0 aliphatic carbocycles.